The molecule has 3 rings (SSSR count). The first-order chi connectivity index (χ1) is 12.4. The van der Waals surface area contributed by atoms with Gasteiger partial charge in [0.1, 0.15) is 5.82 Å². The fourth-order valence-corrected chi connectivity index (χ4v) is 3.33. The Kier molecular flexibility index (Phi) is 5.02. The summed E-state index contributed by atoms with van der Waals surface area (Å²) in [6, 6.07) is 11.2. The third-order valence-corrected chi connectivity index (χ3v) is 4.78. The number of rotatable bonds is 6. The molecule has 1 N–H and O–H groups in total. The highest BCUT2D eigenvalue weighted by Crippen LogP contribution is 2.28. The molecule has 1 amide bonds. The Morgan fingerprint density at radius 2 is 1.92 bits per heavy atom. The number of carboxylic acid groups (broad SMARTS) is 1. The Morgan fingerprint density at radius 3 is 2.50 bits per heavy atom. The molecule has 1 aliphatic rings. The van der Waals surface area contributed by atoms with Crippen molar-refractivity contribution < 1.29 is 23.5 Å². The van der Waals surface area contributed by atoms with Gasteiger partial charge in [0.05, 0.1) is 19.1 Å². The largest absolute Gasteiger partial charge is 0.481 e. The van der Waals surface area contributed by atoms with Crippen molar-refractivity contribution in [2.45, 2.75) is 25.9 Å². The maximum atomic E-state index is 13.8. The van der Waals surface area contributed by atoms with Crippen LogP contribution in [0.2, 0.25) is 0 Å². The van der Waals surface area contributed by atoms with Crippen molar-refractivity contribution in [3.05, 3.63) is 70.5 Å². The SMILES string of the molecule is CC(CF)C(C(=O)O)c1ccc(CN2Cc3c(F)cccc3C2=O)cc1. The fraction of sp³-hybridized carbons (Fsp3) is 0.300. The number of fused-ring (bicyclic) bond motifs is 1. The van der Waals surface area contributed by atoms with Crippen LogP contribution in [0.4, 0.5) is 8.78 Å². The molecular weight excluding hydrogens is 340 g/mol. The number of carbonyl (C=O) groups is 2. The second kappa shape index (κ2) is 7.23. The van der Waals surface area contributed by atoms with Gasteiger partial charge in [-0.3, -0.25) is 14.0 Å². The summed E-state index contributed by atoms with van der Waals surface area (Å²) in [4.78, 5) is 25.3. The van der Waals surface area contributed by atoms with E-state index in [0.717, 1.165) is 5.56 Å². The van der Waals surface area contributed by atoms with Crippen LogP contribution >= 0.6 is 0 Å². The van der Waals surface area contributed by atoms with E-state index in [2.05, 4.69) is 0 Å². The normalized spacial score (nSPS) is 15.7. The lowest BCUT2D eigenvalue weighted by molar-refractivity contribution is -0.140. The summed E-state index contributed by atoms with van der Waals surface area (Å²) >= 11 is 0. The van der Waals surface area contributed by atoms with Gasteiger partial charge < -0.3 is 10.0 Å². The summed E-state index contributed by atoms with van der Waals surface area (Å²) in [7, 11) is 0. The van der Waals surface area contributed by atoms with Crippen LogP contribution in [-0.4, -0.2) is 28.6 Å². The van der Waals surface area contributed by atoms with Gasteiger partial charge in [-0.25, -0.2) is 4.39 Å². The second-order valence-corrected chi connectivity index (χ2v) is 6.62. The molecule has 0 saturated heterocycles. The summed E-state index contributed by atoms with van der Waals surface area (Å²) in [5.74, 6) is -3.23. The van der Waals surface area contributed by atoms with Crippen molar-refractivity contribution in [1.29, 1.82) is 0 Å². The highest BCUT2D eigenvalue weighted by atomic mass is 19.1. The molecule has 0 fully saturated rings. The van der Waals surface area contributed by atoms with Crippen molar-refractivity contribution in [3.63, 3.8) is 0 Å². The lowest BCUT2D eigenvalue weighted by Crippen LogP contribution is -2.23. The Hall–Kier alpha value is -2.76. The van der Waals surface area contributed by atoms with Gasteiger partial charge >= 0.3 is 5.97 Å². The number of benzene rings is 2. The van der Waals surface area contributed by atoms with Crippen molar-refractivity contribution in [3.8, 4) is 0 Å². The van der Waals surface area contributed by atoms with Crippen molar-refractivity contribution in [2.24, 2.45) is 5.92 Å². The van der Waals surface area contributed by atoms with Crippen LogP contribution in [0.25, 0.3) is 0 Å². The molecular formula is C20H19F2NO3. The Balaban J connectivity index is 1.76. The molecule has 26 heavy (non-hydrogen) atoms. The zero-order valence-corrected chi connectivity index (χ0v) is 14.3. The number of amides is 1. The van der Waals surface area contributed by atoms with Gasteiger partial charge in [-0.2, -0.15) is 0 Å². The van der Waals surface area contributed by atoms with Crippen molar-refractivity contribution in [2.75, 3.05) is 6.67 Å². The quantitative estimate of drug-likeness (QED) is 0.854. The third-order valence-electron chi connectivity index (χ3n) is 4.78. The van der Waals surface area contributed by atoms with Crippen LogP contribution < -0.4 is 0 Å². The van der Waals surface area contributed by atoms with Crippen LogP contribution in [0.1, 0.15) is 39.9 Å². The number of nitrogens with zero attached hydrogens (tertiary/aromatic N) is 1. The molecule has 2 aromatic carbocycles. The third kappa shape index (κ3) is 3.31. The Labute approximate surface area is 150 Å². The number of halogens is 2. The fourth-order valence-electron chi connectivity index (χ4n) is 3.33. The minimum Gasteiger partial charge on any atom is -0.481 e. The van der Waals surface area contributed by atoms with Crippen LogP contribution in [0.5, 0.6) is 0 Å². The molecule has 0 bridgehead atoms. The monoisotopic (exact) mass is 359 g/mol. The van der Waals surface area contributed by atoms with Gasteiger partial charge in [0.25, 0.3) is 5.91 Å². The van der Waals surface area contributed by atoms with E-state index >= 15 is 0 Å². The Morgan fingerprint density at radius 1 is 1.23 bits per heavy atom. The number of carbonyl (C=O) groups excluding carboxylic acids is 1. The predicted octanol–water partition coefficient (Wildman–Crippen LogP) is 3.76. The average molecular weight is 359 g/mol. The first kappa shape index (κ1) is 18.0. The van der Waals surface area contributed by atoms with E-state index in [-0.39, 0.29) is 12.5 Å². The summed E-state index contributed by atoms with van der Waals surface area (Å²) in [5, 5.41) is 9.33. The van der Waals surface area contributed by atoms with Gasteiger partial charge in [-0.1, -0.05) is 37.3 Å². The maximum Gasteiger partial charge on any atom is 0.311 e. The summed E-state index contributed by atoms with van der Waals surface area (Å²) in [5.41, 5.74) is 2.10. The highest BCUT2D eigenvalue weighted by molar-refractivity contribution is 5.98. The van der Waals surface area contributed by atoms with Crippen LogP contribution in [0, 0.1) is 11.7 Å². The molecule has 2 unspecified atom stereocenters. The molecule has 0 aromatic heterocycles. The molecule has 6 heteroatoms. The predicted molar refractivity (Wildman–Crippen MR) is 91.9 cm³/mol. The summed E-state index contributed by atoms with van der Waals surface area (Å²) < 4.78 is 26.7. The van der Waals surface area contributed by atoms with E-state index in [4.69, 9.17) is 0 Å². The van der Waals surface area contributed by atoms with E-state index in [0.29, 0.717) is 23.2 Å². The smallest absolute Gasteiger partial charge is 0.311 e. The second-order valence-electron chi connectivity index (χ2n) is 6.62. The lowest BCUT2D eigenvalue weighted by atomic mass is 9.87. The number of hydrogen-bond donors (Lipinski definition) is 1. The summed E-state index contributed by atoms with van der Waals surface area (Å²) in [6.07, 6.45) is 0. The number of carboxylic acids is 1. The molecule has 2 aromatic rings. The zero-order chi connectivity index (χ0) is 18.8. The standard InChI is InChI=1S/C20H19F2NO3/c1-12(9-21)18(20(25)26)14-7-5-13(6-8-14)10-23-11-16-15(19(23)24)3-2-4-17(16)22/h2-8,12,18H,9-11H2,1H3,(H,25,26). The van der Waals surface area contributed by atoms with Gasteiger partial charge in [-0.15, -0.1) is 0 Å². The van der Waals surface area contributed by atoms with E-state index in [1.807, 2.05) is 0 Å². The lowest BCUT2D eigenvalue weighted by Gasteiger charge is -2.19. The molecule has 1 aliphatic heterocycles. The van der Waals surface area contributed by atoms with Crippen LogP contribution in [0.3, 0.4) is 0 Å². The molecule has 2 atom stereocenters. The molecule has 0 aliphatic carbocycles. The van der Waals surface area contributed by atoms with E-state index in [1.54, 1.807) is 42.2 Å². The first-order valence-corrected chi connectivity index (χ1v) is 8.36. The number of alkyl halides is 1. The zero-order valence-electron chi connectivity index (χ0n) is 14.3. The van der Waals surface area contributed by atoms with E-state index in [1.165, 1.54) is 12.1 Å². The molecule has 0 spiro atoms. The minimum absolute atomic E-state index is 0.208. The van der Waals surface area contributed by atoms with Crippen molar-refractivity contribution in [1.82, 2.24) is 4.90 Å². The Bertz CT molecular complexity index is 835. The maximum absolute atomic E-state index is 13.8. The highest BCUT2D eigenvalue weighted by Gasteiger charge is 2.30. The van der Waals surface area contributed by atoms with Crippen molar-refractivity contribution >= 4 is 11.9 Å². The van der Waals surface area contributed by atoms with Gasteiger partial charge in [-0.05, 0) is 23.3 Å². The number of aliphatic carboxylic acids is 1. The van der Waals surface area contributed by atoms with Gasteiger partial charge in [0.2, 0.25) is 0 Å². The molecule has 136 valence electrons. The molecule has 1 heterocycles. The van der Waals surface area contributed by atoms with E-state index in [9.17, 15) is 23.5 Å². The van der Waals surface area contributed by atoms with Crippen LogP contribution in [-0.2, 0) is 17.9 Å². The average Bonchev–Trinajstić information content (AvgIpc) is 2.94. The molecule has 4 nitrogen and oxygen atoms in total. The summed E-state index contributed by atoms with van der Waals surface area (Å²) in [6.45, 7) is 1.34. The first-order valence-electron chi connectivity index (χ1n) is 8.36. The van der Waals surface area contributed by atoms with Crippen LogP contribution in [0.15, 0.2) is 42.5 Å². The topological polar surface area (TPSA) is 57.6 Å². The van der Waals surface area contributed by atoms with Gasteiger partial charge in [0.15, 0.2) is 0 Å². The molecule has 0 saturated carbocycles. The van der Waals surface area contributed by atoms with Gasteiger partial charge in [0, 0.05) is 23.6 Å². The number of hydrogen-bond acceptors (Lipinski definition) is 2. The van der Waals surface area contributed by atoms with E-state index < -0.39 is 30.3 Å². The minimum atomic E-state index is -1.07. The molecule has 0 radical (unpaired) electrons.